The molecule has 0 unspecified atom stereocenters. The van der Waals surface area contributed by atoms with Crippen LogP contribution in [0.1, 0.15) is 16.1 Å². The molecule has 0 aliphatic rings. The summed E-state index contributed by atoms with van der Waals surface area (Å²) in [6.45, 7) is 2.00. The largest absolute Gasteiger partial charge is 0.477 e. The molecule has 0 spiro atoms. The fourth-order valence-electron chi connectivity index (χ4n) is 1.29. The van der Waals surface area contributed by atoms with Crippen LogP contribution < -0.4 is 0 Å². The van der Waals surface area contributed by atoms with E-state index >= 15 is 0 Å². The minimum Gasteiger partial charge on any atom is -0.477 e. The monoisotopic (exact) mass is 246 g/mol. The molecule has 1 heterocycles. The van der Waals surface area contributed by atoms with Gasteiger partial charge in [0.1, 0.15) is 0 Å². The lowest BCUT2D eigenvalue weighted by atomic mass is 10.2. The molecule has 0 atom stereocenters. The van der Waals surface area contributed by atoms with Crippen molar-refractivity contribution in [2.45, 2.75) is 17.0 Å². The van der Waals surface area contributed by atoms with Gasteiger partial charge in [0.2, 0.25) is 0 Å². The summed E-state index contributed by atoms with van der Waals surface area (Å²) in [5, 5.41) is 9.26. The maximum atomic E-state index is 10.8. The number of aromatic carboxylic acids is 1. The molecule has 0 radical (unpaired) electrons. The van der Waals surface area contributed by atoms with Crippen LogP contribution in [0.3, 0.4) is 0 Å². The molecule has 4 nitrogen and oxygen atoms in total. The third-order valence-electron chi connectivity index (χ3n) is 2.05. The average molecular weight is 246 g/mol. The van der Waals surface area contributed by atoms with Gasteiger partial charge in [0.05, 0.1) is 0 Å². The van der Waals surface area contributed by atoms with E-state index in [2.05, 4.69) is 9.97 Å². The van der Waals surface area contributed by atoms with Gasteiger partial charge in [-0.3, -0.25) is 0 Å². The number of carboxylic acid groups (broad SMARTS) is 1. The van der Waals surface area contributed by atoms with Crippen molar-refractivity contribution in [1.82, 2.24) is 9.97 Å². The van der Waals surface area contributed by atoms with Crippen LogP contribution in [-0.4, -0.2) is 21.0 Å². The number of nitrogens with zero attached hydrogens (tertiary/aromatic N) is 2. The number of benzene rings is 1. The van der Waals surface area contributed by atoms with Crippen molar-refractivity contribution in [1.29, 1.82) is 0 Å². The summed E-state index contributed by atoms with van der Waals surface area (Å²) in [4.78, 5) is 19.7. The van der Waals surface area contributed by atoms with Crippen LogP contribution in [-0.2, 0) is 0 Å². The quantitative estimate of drug-likeness (QED) is 0.843. The molecule has 5 heteroatoms. The smallest absolute Gasteiger partial charge is 0.354 e. The van der Waals surface area contributed by atoms with Gasteiger partial charge >= 0.3 is 5.97 Å². The molecule has 0 aliphatic carbocycles. The van der Waals surface area contributed by atoms with Crippen LogP contribution in [0.5, 0.6) is 0 Å². The van der Waals surface area contributed by atoms with Gasteiger partial charge in [0.25, 0.3) is 0 Å². The molecule has 86 valence electrons. The summed E-state index contributed by atoms with van der Waals surface area (Å²) in [5.74, 6) is -1.04. The first-order valence-corrected chi connectivity index (χ1v) is 5.77. The van der Waals surface area contributed by atoms with Crippen LogP contribution in [0.25, 0.3) is 0 Å². The minimum atomic E-state index is -1.04. The standard InChI is InChI=1S/C12H10N2O2S/c1-8-3-2-4-9(7-8)17-12-13-6-5-10(14-12)11(15)16/h2-7H,1H3,(H,15,16). The van der Waals surface area contributed by atoms with Crippen LogP contribution in [0, 0.1) is 6.92 Å². The minimum absolute atomic E-state index is 0.00940. The SMILES string of the molecule is Cc1cccc(Sc2nccc(C(=O)O)n2)c1. The van der Waals surface area contributed by atoms with Gasteiger partial charge in [-0.1, -0.05) is 17.7 Å². The van der Waals surface area contributed by atoms with Crippen molar-refractivity contribution in [3.05, 3.63) is 47.8 Å². The maximum Gasteiger partial charge on any atom is 0.354 e. The number of carbonyl (C=O) groups is 1. The lowest BCUT2D eigenvalue weighted by Gasteiger charge is -2.01. The van der Waals surface area contributed by atoms with Gasteiger partial charge in [-0.05, 0) is 36.9 Å². The molecule has 0 saturated heterocycles. The summed E-state index contributed by atoms with van der Waals surface area (Å²) in [5.41, 5.74) is 1.15. The van der Waals surface area contributed by atoms with E-state index in [1.807, 2.05) is 31.2 Å². The van der Waals surface area contributed by atoms with Crippen molar-refractivity contribution < 1.29 is 9.90 Å². The summed E-state index contributed by atoms with van der Waals surface area (Å²) in [6, 6.07) is 9.26. The predicted molar refractivity (Wildman–Crippen MR) is 64.3 cm³/mol. The Bertz CT molecular complexity index is 558. The number of carboxylic acids is 1. The third-order valence-corrected chi connectivity index (χ3v) is 2.92. The number of aromatic nitrogens is 2. The third kappa shape index (κ3) is 3.04. The van der Waals surface area contributed by atoms with Crippen molar-refractivity contribution >= 4 is 17.7 Å². The Hall–Kier alpha value is -1.88. The first-order chi connectivity index (χ1) is 8.15. The molecule has 1 N–H and O–H groups in total. The fraction of sp³-hybridized carbons (Fsp3) is 0.0833. The Balaban J connectivity index is 2.24. The molecular weight excluding hydrogens is 236 g/mol. The number of rotatable bonds is 3. The van der Waals surface area contributed by atoms with E-state index in [1.165, 1.54) is 24.0 Å². The summed E-state index contributed by atoms with van der Waals surface area (Å²) < 4.78 is 0. The van der Waals surface area contributed by atoms with Crippen molar-refractivity contribution in [3.63, 3.8) is 0 Å². The molecular formula is C12H10N2O2S. The van der Waals surface area contributed by atoms with E-state index in [-0.39, 0.29) is 5.69 Å². The molecule has 1 aromatic heterocycles. The molecule has 17 heavy (non-hydrogen) atoms. The Kier molecular flexibility index (Phi) is 3.39. The summed E-state index contributed by atoms with van der Waals surface area (Å²) in [6.07, 6.45) is 1.45. The molecule has 1 aromatic carbocycles. The topological polar surface area (TPSA) is 63.1 Å². The predicted octanol–water partition coefficient (Wildman–Crippen LogP) is 2.63. The molecule has 0 bridgehead atoms. The molecule has 0 aliphatic heterocycles. The van der Waals surface area contributed by atoms with Gasteiger partial charge in [-0.25, -0.2) is 14.8 Å². The second-order valence-electron chi connectivity index (χ2n) is 3.45. The van der Waals surface area contributed by atoms with Crippen molar-refractivity contribution in [2.75, 3.05) is 0 Å². The fourth-order valence-corrected chi connectivity index (χ4v) is 2.15. The van der Waals surface area contributed by atoms with Gasteiger partial charge in [0, 0.05) is 11.1 Å². The molecule has 0 amide bonds. The van der Waals surface area contributed by atoms with Crippen LogP contribution in [0.2, 0.25) is 0 Å². The van der Waals surface area contributed by atoms with E-state index in [9.17, 15) is 4.79 Å². The number of hydrogen-bond acceptors (Lipinski definition) is 4. The van der Waals surface area contributed by atoms with E-state index in [4.69, 9.17) is 5.11 Å². The van der Waals surface area contributed by atoms with Gasteiger partial charge in [-0.15, -0.1) is 0 Å². The first kappa shape index (κ1) is 11.6. The number of aryl methyl sites for hydroxylation is 1. The van der Waals surface area contributed by atoms with E-state index in [0.29, 0.717) is 5.16 Å². The summed E-state index contributed by atoms with van der Waals surface area (Å²) >= 11 is 1.35. The van der Waals surface area contributed by atoms with Crippen LogP contribution >= 0.6 is 11.8 Å². The van der Waals surface area contributed by atoms with Gasteiger partial charge < -0.3 is 5.11 Å². The molecule has 2 rings (SSSR count). The second-order valence-corrected chi connectivity index (χ2v) is 4.49. The van der Waals surface area contributed by atoms with Gasteiger partial charge in [0.15, 0.2) is 10.9 Å². The molecule has 0 fully saturated rings. The normalized spacial score (nSPS) is 10.2. The highest BCUT2D eigenvalue weighted by atomic mass is 32.2. The first-order valence-electron chi connectivity index (χ1n) is 4.96. The highest BCUT2D eigenvalue weighted by molar-refractivity contribution is 7.99. The highest BCUT2D eigenvalue weighted by Gasteiger charge is 2.07. The molecule has 2 aromatic rings. The second kappa shape index (κ2) is 4.97. The van der Waals surface area contributed by atoms with Crippen LogP contribution in [0.15, 0.2) is 46.6 Å². The number of hydrogen-bond donors (Lipinski definition) is 1. The molecule has 0 saturated carbocycles. The summed E-state index contributed by atoms with van der Waals surface area (Å²) in [7, 11) is 0. The Morgan fingerprint density at radius 3 is 2.88 bits per heavy atom. The van der Waals surface area contributed by atoms with E-state index in [0.717, 1.165) is 10.5 Å². The van der Waals surface area contributed by atoms with Gasteiger partial charge in [-0.2, -0.15) is 0 Å². The zero-order chi connectivity index (χ0) is 12.3. The van der Waals surface area contributed by atoms with Crippen LogP contribution in [0.4, 0.5) is 0 Å². The highest BCUT2D eigenvalue weighted by Crippen LogP contribution is 2.24. The zero-order valence-electron chi connectivity index (χ0n) is 9.12. The maximum absolute atomic E-state index is 10.8. The van der Waals surface area contributed by atoms with Crippen molar-refractivity contribution in [3.8, 4) is 0 Å². The lowest BCUT2D eigenvalue weighted by Crippen LogP contribution is -2.01. The Morgan fingerprint density at radius 2 is 2.18 bits per heavy atom. The van der Waals surface area contributed by atoms with Crippen molar-refractivity contribution in [2.24, 2.45) is 0 Å². The van der Waals surface area contributed by atoms with E-state index in [1.54, 1.807) is 0 Å². The average Bonchev–Trinajstić information content (AvgIpc) is 2.29. The lowest BCUT2D eigenvalue weighted by molar-refractivity contribution is 0.0689. The zero-order valence-corrected chi connectivity index (χ0v) is 9.94. The van der Waals surface area contributed by atoms with E-state index < -0.39 is 5.97 Å². The Morgan fingerprint density at radius 1 is 1.35 bits per heavy atom. The Labute approximate surface area is 103 Å².